The van der Waals surface area contributed by atoms with E-state index in [4.69, 9.17) is 0 Å². The van der Waals surface area contributed by atoms with Crippen LogP contribution in [0.3, 0.4) is 0 Å². The van der Waals surface area contributed by atoms with Gasteiger partial charge in [-0.05, 0) is 44.6 Å². The number of carboxylic acid groups (broad SMARTS) is 1. The molecule has 0 aromatic rings. The molecule has 3 atom stereocenters. The molecule has 18 heavy (non-hydrogen) atoms. The van der Waals surface area contributed by atoms with Gasteiger partial charge in [0.25, 0.3) is 0 Å². The Kier molecular flexibility index (Phi) is 4.28. The minimum absolute atomic E-state index is 0.634. The van der Waals surface area contributed by atoms with Crippen LogP contribution in [0.1, 0.15) is 39.5 Å². The first kappa shape index (κ1) is 13.8. The van der Waals surface area contributed by atoms with Crippen molar-refractivity contribution < 1.29 is 9.90 Å². The van der Waals surface area contributed by atoms with Crippen molar-refractivity contribution in [3.05, 3.63) is 0 Å². The second kappa shape index (κ2) is 5.57. The van der Waals surface area contributed by atoms with Crippen molar-refractivity contribution in [3.8, 4) is 0 Å². The number of nitrogens with zero attached hydrogens (tertiary/aromatic N) is 1. The minimum Gasteiger partial charge on any atom is -0.480 e. The molecular formula is C14H26N2O2. The molecule has 1 aliphatic heterocycles. The number of rotatable bonds is 6. The van der Waals surface area contributed by atoms with E-state index in [-0.39, 0.29) is 0 Å². The van der Waals surface area contributed by atoms with E-state index in [1.54, 1.807) is 0 Å². The summed E-state index contributed by atoms with van der Waals surface area (Å²) in [5.41, 5.74) is -0.797. The zero-order valence-corrected chi connectivity index (χ0v) is 11.6. The van der Waals surface area contributed by atoms with Crippen LogP contribution in [0.15, 0.2) is 0 Å². The van der Waals surface area contributed by atoms with Crippen LogP contribution in [0.5, 0.6) is 0 Å². The van der Waals surface area contributed by atoms with E-state index >= 15 is 0 Å². The second-order valence-electron chi connectivity index (χ2n) is 6.21. The Balaban J connectivity index is 1.91. The maximum absolute atomic E-state index is 11.5. The van der Waals surface area contributed by atoms with Gasteiger partial charge in [0.15, 0.2) is 0 Å². The van der Waals surface area contributed by atoms with Crippen LogP contribution in [-0.2, 0) is 4.79 Å². The smallest absolute Gasteiger partial charge is 0.324 e. The third-order valence-electron chi connectivity index (χ3n) is 4.58. The summed E-state index contributed by atoms with van der Waals surface area (Å²) in [5, 5.41) is 12.6. The largest absolute Gasteiger partial charge is 0.480 e. The molecule has 0 aromatic heterocycles. The zero-order valence-electron chi connectivity index (χ0n) is 11.6. The lowest BCUT2D eigenvalue weighted by molar-refractivity contribution is -0.145. The standard InChI is InChI=1S/C14H26N2O2/c1-3-7-15-14(2,13(17)18)10-16-8-11-5-4-6-12(11)9-16/h11-12,15H,3-10H2,1-2H3,(H,17,18). The molecule has 3 unspecified atom stereocenters. The van der Waals surface area contributed by atoms with Gasteiger partial charge in [0, 0.05) is 19.6 Å². The van der Waals surface area contributed by atoms with Crippen molar-refractivity contribution in [1.82, 2.24) is 10.2 Å². The molecule has 0 amide bonds. The van der Waals surface area contributed by atoms with Crippen molar-refractivity contribution in [2.75, 3.05) is 26.2 Å². The van der Waals surface area contributed by atoms with Gasteiger partial charge in [-0.2, -0.15) is 0 Å². The van der Waals surface area contributed by atoms with Crippen molar-refractivity contribution in [2.45, 2.75) is 45.1 Å². The van der Waals surface area contributed by atoms with Gasteiger partial charge in [-0.25, -0.2) is 0 Å². The molecular weight excluding hydrogens is 228 g/mol. The molecule has 2 rings (SSSR count). The van der Waals surface area contributed by atoms with Gasteiger partial charge < -0.3 is 15.3 Å². The van der Waals surface area contributed by atoms with Gasteiger partial charge in [0.05, 0.1) is 0 Å². The van der Waals surface area contributed by atoms with Crippen LogP contribution in [0.4, 0.5) is 0 Å². The SMILES string of the molecule is CCCNC(C)(CN1CC2CCCC2C1)C(=O)O. The number of fused-ring (bicyclic) bond motifs is 1. The fourth-order valence-corrected chi connectivity index (χ4v) is 3.51. The molecule has 0 bridgehead atoms. The van der Waals surface area contributed by atoms with Crippen LogP contribution in [0.25, 0.3) is 0 Å². The summed E-state index contributed by atoms with van der Waals surface area (Å²) in [6.45, 7) is 7.48. The molecule has 1 saturated carbocycles. The Morgan fingerprint density at radius 2 is 2.00 bits per heavy atom. The molecule has 0 aromatic carbocycles. The van der Waals surface area contributed by atoms with Crippen molar-refractivity contribution in [2.24, 2.45) is 11.8 Å². The molecule has 104 valence electrons. The average Bonchev–Trinajstić information content (AvgIpc) is 2.86. The van der Waals surface area contributed by atoms with Crippen molar-refractivity contribution in [3.63, 3.8) is 0 Å². The Bertz CT molecular complexity index is 296. The number of carboxylic acids is 1. The first-order valence-corrected chi connectivity index (χ1v) is 7.26. The number of hydrogen-bond donors (Lipinski definition) is 2. The van der Waals surface area contributed by atoms with Crippen LogP contribution in [0, 0.1) is 11.8 Å². The predicted octanol–water partition coefficient (Wildman–Crippen LogP) is 1.56. The summed E-state index contributed by atoms with van der Waals surface area (Å²) < 4.78 is 0. The van der Waals surface area contributed by atoms with Gasteiger partial charge in [0.2, 0.25) is 0 Å². The van der Waals surface area contributed by atoms with Gasteiger partial charge in [-0.15, -0.1) is 0 Å². The highest BCUT2D eigenvalue weighted by Gasteiger charge is 2.41. The summed E-state index contributed by atoms with van der Waals surface area (Å²) in [6, 6.07) is 0. The van der Waals surface area contributed by atoms with E-state index in [9.17, 15) is 9.90 Å². The Labute approximate surface area is 110 Å². The molecule has 0 spiro atoms. The molecule has 2 N–H and O–H groups in total. The fourth-order valence-electron chi connectivity index (χ4n) is 3.51. The topological polar surface area (TPSA) is 52.6 Å². The maximum Gasteiger partial charge on any atom is 0.324 e. The van der Waals surface area contributed by atoms with E-state index in [0.29, 0.717) is 6.54 Å². The summed E-state index contributed by atoms with van der Waals surface area (Å²) in [5.74, 6) is 0.927. The number of hydrogen-bond acceptors (Lipinski definition) is 3. The van der Waals surface area contributed by atoms with Gasteiger partial charge >= 0.3 is 5.97 Å². The molecule has 0 radical (unpaired) electrons. The summed E-state index contributed by atoms with van der Waals surface area (Å²) >= 11 is 0. The molecule has 2 fully saturated rings. The van der Waals surface area contributed by atoms with E-state index in [2.05, 4.69) is 17.1 Å². The lowest BCUT2D eigenvalue weighted by Gasteiger charge is -2.31. The number of aliphatic carboxylic acids is 1. The van der Waals surface area contributed by atoms with Crippen molar-refractivity contribution in [1.29, 1.82) is 0 Å². The van der Waals surface area contributed by atoms with Crippen LogP contribution < -0.4 is 5.32 Å². The minimum atomic E-state index is -0.797. The summed E-state index contributed by atoms with van der Waals surface area (Å²) in [6.07, 6.45) is 5.02. The van der Waals surface area contributed by atoms with Crippen LogP contribution in [-0.4, -0.2) is 47.7 Å². The second-order valence-corrected chi connectivity index (χ2v) is 6.21. The molecule has 2 aliphatic rings. The Morgan fingerprint density at radius 1 is 1.39 bits per heavy atom. The van der Waals surface area contributed by atoms with Crippen molar-refractivity contribution >= 4 is 5.97 Å². The Morgan fingerprint density at radius 3 is 2.50 bits per heavy atom. The molecule has 4 heteroatoms. The lowest BCUT2D eigenvalue weighted by Crippen LogP contribution is -2.56. The maximum atomic E-state index is 11.5. The van der Waals surface area contributed by atoms with E-state index < -0.39 is 11.5 Å². The predicted molar refractivity (Wildman–Crippen MR) is 71.6 cm³/mol. The third kappa shape index (κ3) is 2.86. The molecule has 1 saturated heterocycles. The number of nitrogens with one attached hydrogen (secondary N) is 1. The average molecular weight is 254 g/mol. The first-order chi connectivity index (χ1) is 8.55. The third-order valence-corrected chi connectivity index (χ3v) is 4.58. The fraction of sp³-hybridized carbons (Fsp3) is 0.929. The van der Waals surface area contributed by atoms with Gasteiger partial charge in [-0.3, -0.25) is 4.79 Å². The summed E-state index contributed by atoms with van der Waals surface area (Å²) in [7, 11) is 0. The number of carbonyl (C=O) groups is 1. The van der Waals surface area contributed by atoms with E-state index in [1.807, 2.05) is 6.92 Å². The van der Waals surface area contributed by atoms with E-state index in [1.165, 1.54) is 19.3 Å². The molecule has 1 aliphatic carbocycles. The molecule has 4 nitrogen and oxygen atoms in total. The number of likely N-dealkylation sites (tertiary alicyclic amines) is 1. The highest BCUT2D eigenvalue weighted by Crippen LogP contribution is 2.38. The monoisotopic (exact) mass is 254 g/mol. The Hall–Kier alpha value is -0.610. The molecule has 1 heterocycles. The van der Waals surface area contributed by atoms with Crippen LogP contribution in [0.2, 0.25) is 0 Å². The van der Waals surface area contributed by atoms with Crippen LogP contribution >= 0.6 is 0 Å². The normalized spacial score (nSPS) is 31.2. The lowest BCUT2D eigenvalue weighted by atomic mass is 10.0. The first-order valence-electron chi connectivity index (χ1n) is 7.26. The van der Waals surface area contributed by atoms with Gasteiger partial charge in [0.1, 0.15) is 5.54 Å². The highest BCUT2D eigenvalue weighted by atomic mass is 16.4. The quantitative estimate of drug-likeness (QED) is 0.755. The zero-order chi connectivity index (χ0) is 13.2. The van der Waals surface area contributed by atoms with Gasteiger partial charge in [-0.1, -0.05) is 13.3 Å². The highest BCUT2D eigenvalue weighted by molar-refractivity contribution is 5.78. The summed E-state index contributed by atoms with van der Waals surface area (Å²) in [4.78, 5) is 13.8. The van der Waals surface area contributed by atoms with E-state index in [0.717, 1.165) is 37.9 Å².